The van der Waals surface area contributed by atoms with E-state index in [1.807, 2.05) is 12.5 Å². The summed E-state index contributed by atoms with van der Waals surface area (Å²) in [6.45, 7) is 0.791. The molecule has 22 heavy (non-hydrogen) atoms. The molecule has 4 heterocycles. The predicted molar refractivity (Wildman–Crippen MR) is 78.9 cm³/mol. The first-order chi connectivity index (χ1) is 10.8. The zero-order chi connectivity index (χ0) is 14.7. The van der Waals surface area contributed by atoms with E-state index in [4.69, 9.17) is 0 Å². The number of aliphatic hydroxyl groups excluding tert-OH is 1. The minimum Gasteiger partial charge on any atom is -0.386 e. The quantitative estimate of drug-likeness (QED) is 0.743. The van der Waals surface area contributed by atoms with E-state index in [1.165, 1.54) is 11.1 Å². The van der Waals surface area contributed by atoms with Crippen LogP contribution in [0.2, 0.25) is 0 Å². The topological polar surface area (TPSA) is 68.8 Å². The molecule has 2 aliphatic rings. The van der Waals surface area contributed by atoms with Crippen molar-refractivity contribution in [2.24, 2.45) is 5.92 Å². The highest BCUT2D eigenvalue weighted by molar-refractivity contribution is 5.69. The second-order valence-electron chi connectivity index (χ2n) is 6.00. The van der Waals surface area contributed by atoms with Gasteiger partial charge in [0.15, 0.2) is 0 Å². The lowest BCUT2D eigenvalue weighted by atomic mass is 9.83. The fourth-order valence-corrected chi connectivity index (χ4v) is 3.96. The molecule has 3 aromatic rings. The Kier molecular flexibility index (Phi) is 2.35. The van der Waals surface area contributed by atoms with Gasteiger partial charge in [-0.2, -0.15) is 0 Å². The van der Waals surface area contributed by atoms with E-state index in [0.29, 0.717) is 0 Å². The number of nitrogens with zero attached hydrogens (tertiary/aromatic N) is 5. The van der Waals surface area contributed by atoms with Crippen LogP contribution in [0, 0.1) is 5.92 Å². The lowest BCUT2D eigenvalue weighted by Gasteiger charge is -2.33. The summed E-state index contributed by atoms with van der Waals surface area (Å²) >= 11 is 0. The van der Waals surface area contributed by atoms with Crippen molar-refractivity contribution in [1.29, 1.82) is 0 Å². The Bertz CT molecular complexity index is 852. The summed E-state index contributed by atoms with van der Waals surface area (Å²) in [5, 5.41) is 18.8. The molecule has 1 N–H and O–H groups in total. The van der Waals surface area contributed by atoms with Gasteiger partial charge in [-0.1, -0.05) is 29.5 Å². The maximum atomic E-state index is 10.8. The van der Waals surface area contributed by atoms with E-state index in [-0.39, 0.29) is 12.0 Å². The maximum absolute atomic E-state index is 10.8. The van der Waals surface area contributed by atoms with Crippen LogP contribution in [0.4, 0.5) is 0 Å². The Morgan fingerprint density at radius 3 is 3.05 bits per heavy atom. The molecule has 2 unspecified atom stereocenters. The van der Waals surface area contributed by atoms with Gasteiger partial charge in [0.2, 0.25) is 0 Å². The van der Waals surface area contributed by atoms with Gasteiger partial charge in [-0.3, -0.25) is 0 Å². The number of hydrogen-bond donors (Lipinski definition) is 1. The molecule has 6 nitrogen and oxygen atoms in total. The van der Waals surface area contributed by atoms with Crippen LogP contribution in [-0.2, 0) is 6.54 Å². The van der Waals surface area contributed by atoms with E-state index in [0.717, 1.165) is 24.4 Å². The smallest absolute Gasteiger partial charge is 0.102 e. The summed E-state index contributed by atoms with van der Waals surface area (Å²) in [6.07, 6.45) is 5.76. The van der Waals surface area contributed by atoms with Gasteiger partial charge in [-0.25, -0.2) is 9.67 Å². The summed E-state index contributed by atoms with van der Waals surface area (Å²) in [7, 11) is 0. The third kappa shape index (κ3) is 1.45. The van der Waals surface area contributed by atoms with Gasteiger partial charge in [0.05, 0.1) is 36.2 Å². The van der Waals surface area contributed by atoms with Gasteiger partial charge in [-0.05, 0) is 12.0 Å². The molecule has 0 amide bonds. The zero-order valence-corrected chi connectivity index (χ0v) is 11.9. The SMILES string of the molecule is OC1c2cnnn2CCC1[C@H]1c2ccccc2-c2cncn21. The second-order valence-corrected chi connectivity index (χ2v) is 6.00. The Labute approximate surface area is 127 Å². The van der Waals surface area contributed by atoms with Gasteiger partial charge in [-0.15, -0.1) is 5.10 Å². The van der Waals surface area contributed by atoms with E-state index >= 15 is 0 Å². The number of aromatic nitrogens is 5. The van der Waals surface area contributed by atoms with Crippen molar-refractivity contribution in [1.82, 2.24) is 24.5 Å². The second kappa shape index (κ2) is 4.27. The van der Waals surface area contributed by atoms with Crippen molar-refractivity contribution in [3.63, 3.8) is 0 Å². The van der Waals surface area contributed by atoms with Crippen molar-refractivity contribution in [3.05, 3.63) is 54.2 Å². The summed E-state index contributed by atoms with van der Waals surface area (Å²) in [5.74, 6) is 0.0996. The van der Waals surface area contributed by atoms with Crippen LogP contribution in [0.5, 0.6) is 0 Å². The number of rotatable bonds is 1. The van der Waals surface area contributed by atoms with Crippen molar-refractivity contribution in [3.8, 4) is 11.3 Å². The molecule has 0 spiro atoms. The Balaban J connectivity index is 1.65. The fraction of sp³-hybridized carbons (Fsp3) is 0.312. The number of hydrogen-bond acceptors (Lipinski definition) is 4. The lowest BCUT2D eigenvalue weighted by molar-refractivity contribution is 0.0524. The van der Waals surface area contributed by atoms with E-state index in [1.54, 1.807) is 10.9 Å². The molecular formula is C16H15N5O. The first kappa shape index (κ1) is 12.1. The summed E-state index contributed by atoms with van der Waals surface area (Å²) in [6, 6.07) is 8.52. The standard InChI is InChI=1S/C16H15N5O/c22-16-12(5-6-21-14(16)8-18-19-21)15-11-4-2-1-3-10(11)13-7-17-9-20(13)15/h1-4,7-9,12,15-16,22H,5-6H2/t12?,15-,16?/m1/s1. The summed E-state index contributed by atoms with van der Waals surface area (Å²) in [5.41, 5.74) is 4.42. The first-order valence-electron chi connectivity index (χ1n) is 7.52. The van der Waals surface area contributed by atoms with Crippen molar-refractivity contribution in [2.75, 3.05) is 0 Å². The Morgan fingerprint density at radius 2 is 2.09 bits per heavy atom. The molecule has 0 saturated carbocycles. The van der Waals surface area contributed by atoms with Gasteiger partial charge >= 0.3 is 0 Å². The lowest BCUT2D eigenvalue weighted by Crippen LogP contribution is -2.31. The van der Waals surface area contributed by atoms with Crippen LogP contribution in [0.1, 0.15) is 29.8 Å². The summed E-state index contributed by atoms with van der Waals surface area (Å²) in [4.78, 5) is 4.30. The largest absolute Gasteiger partial charge is 0.386 e. The number of aryl methyl sites for hydroxylation is 1. The normalized spacial score (nSPS) is 25.6. The average Bonchev–Trinajstić information content (AvgIpc) is 3.23. The van der Waals surface area contributed by atoms with Crippen molar-refractivity contribution in [2.45, 2.75) is 25.1 Å². The minimum absolute atomic E-state index is 0.0996. The molecule has 0 radical (unpaired) electrons. The molecule has 5 rings (SSSR count). The molecular weight excluding hydrogens is 278 g/mol. The van der Waals surface area contributed by atoms with Crippen LogP contribution < -0.4 is 0 Å². The molecule has 2 aliphatic heterocycles. The van der Waals surface area contributed by atoms with Crippen LogP contribution in [0.15, 0.2) is 43.0 Å². The molecule has 110 valence electrons. The number of aliphatic hydroxyl groups is 1. The zero-order valence-electron chi connectivity index (χ0n) is 11.9. The highest BCUT2D eigenvalue weighted by Crippen LogP contribution is 2.48. The van der Waals surface area contributed by atoms with Crippen molar-refractivity contribution < 1.29 is 5.11 Å². The van der Waals surface area contributed by atoms with Crippen LogP contribution in [0.3, 0.4) is 0 Å². The van der Waals surface area contributed by atoms with Crippen LogP contribution in [-0.4, -0.2) is 29.7 Å². The average molecular weight is 293 g/mol. The first-order valence-corrected chi connectivity index (χ1v) is 7.52. The minimum atomic E-state index is -0.560. The Morgan fingerprint density at radius 1 is 1.18 bits per heavy atom. The van der Waals surface area contributed by atoms with Crippen molar-refractivity contribution >= 4 is 0 Å². The third-order valence-corrected chi connectivity index (χ3v) is 4.96. The maximum Gasteiger partial charge on any atom is 0.102 e. The molecule has 0 aliphatic carbocycles. The Hall–Kier alpha value is -2.47. The fourth-order valence-electron chi connectivity index (χ4n) is 3.96. The van der Waals surface area contributed by atoms with E-state index < -0.39 is 6.10 Å². The van der Waals surface area contributed by atoms with E-state index in [2.05, 4.69) is 44.1 Å². The van der Waals surface area contributed by atoms with Crippen LogP contribution >= 0.6 is 0 Å². The molecule has 0 saturated heterocycles. The van der Waals surface area contributed by atoms with Gasteiger partial charge in [0, 0.05) is 18.0 Å². The van der Waals surface area contributed by atoms with Gasteiger partial charge in [0.25, 0.3) is 0 Å². The number of imidazole rings is 1. The summed E-state index contributed by atoms with van der Waals surface area (Å²) < 4.78 is 3.99. The molecule has 3 atom stereocenters. The van der Waals surface area contributed by atoms with E-state index in [9.17, 15) is 5.11 Å². The molecule has 0 bridgehead atoms. The number of fused-ring (bicyclic) bond motifs is 4. The third-order valence-electron chi connectivity index (χ3n) is 4.96. The molecule has 1 aromatic carbocycles. The molecule has 0 fully saturated rings. The highest BCUT2D eigenvalue weighted by Gasteiger charge is 2.41. The monoisotopic (exact) mass is 293 g/mol. The number of benzene rings is 1. The van der Waals surface area contributed by atoms with Gasteiger partial charge < -0.3 is 9.67 Å². The predicted octanol–water partition coefficient (Wildman–Crippen LogP) is 1.80. The van der Waals surface area contributed by atoms with Crippen LogP contribution in [0.25, 0.3) is 11.3 Å². The molecule has 6 heteroatoms. The molecule has 2 aromatic heterocycles. The highest BCUT2D eigenvalue weighted by atomic mass is 16.3. The van der Waals surface area contributed by atoms with Gasteiger partial charge in [0.1, 0.15) is 6.10 Å².